The Morgan fingerprint density at radius 3 is 2.89 bits per heavy atom. The van der Waals surface area contributed by atoms with Gasteiger partial charge in [-0.2, -0.15) is 0 Å². The van der Waals surface area contributed by atoms with Crippen molar-refractivity contribution in [1.82, 2.24) is 4.98 Å². The molecular weight excluding hydrogens is 354 g/mol. The summed E-state index contributed by atoms with van der Waals surface area (Å²) in [5.74, 6) is 1.10. The summed E-state index contributed by atoms with van der Waals surface area (Å²) < 4.78 is 11.6. The minimum atomic E-state index is -0.796. The van der Waals surface area contributed by atoms with E-state index in [2.05, 4.69) is 20.9 Å². The monoisotopic (exact) mass is 361 g/mol. The van der Waals surface area contributed by atoms with Crippen molar-refractivity contribution >= 4 is 38.9 Å². The summed E-state index contributed by atoms with van der Waals surface area (Å²) in [7, 11) is 0. The zero-order chi connectivity index (χ0) is 13.4. The van der Waals surface area contributed by atoms with Crippen molar-refractivity contribution < 1.29 is 14.6 Å². The second-order valence-corrected chi connectivity index (χ2v) is 5.98. The van der Waals surface area contributed by atoms with Gasteiger partial charge in [0.25, 0.3) is 0 Å². The zero-order valence-corrected chi connectivity index (χ0v) is 12.8. The number of aromatic nitrogens is 1. The Morgan fingerprint density at radius 1 is 1.37 bits per heavy atom. The molecule has 1 atom stereocenters. The van der Waals surface area contributed by atoms with Gasteiger partial charge in [0.2, 0.25) is 0 Å². The van der Waals surface area contributed by atoms with E-state index in [1.165, 1.54) is 11.3 Å². The molecule has 1 aliphatic heterocycles. The molecule has 19 heavy (non-hydrogen) atoms. The average Bonchev–Trinajstić information content (AvgIpc) is 2.84. The number of halogens is 2. The number of benzene rings is 1. The van der Waals surface area contributed by atoms with E-state index in [0.29, 0.717) is 39.9 Å². The van der Waals surface area contributed by atoms with Gasteiger partial charge in [-0.15, -0.1) is 11.3 Å². The summed E-state index contributed by atoms with van der Waals surface area (Å²) in [6.45, 7) is 0.960. The summed E-state index contributed by atoms with van der Waals surface area (Å²) in [5, 5.41) is 10.8. The molecule has 1 aliphatic rings. The third kappa shape index (κ3) is 2.45. The van der Waals surface area contributed by atoms with Crippen LogP contribution in [0.2, 0.25) is 5.02 Å². The Bertz CT molecular complexity index is 619. The lowest BCUT2D eigenvalue weighted by Gasteiger charge is -2.21. The van der Waals surface area contributed by atoms with Crippen LogP contribution in [-0.4, -0.2) is 23.3 Å². The van der Waals surface area contributed by atoms with Crippen molar-refractivity contribution in [1.29, 1.82) is 0 Å². The van der Waals surface area contributed by atoms with Crippen molar-refractivity contribution in [3.63, 3.8) is 0 Å². The van der Waals surface area contributed by atoms with E-state index in [1.807, 2.05) is 0 Å². The molecule has 4 nitrogen and oxygen atoms in total. The van der Waals surface area contributed by atoms with E-state index in [1.54, 1.807) is 17.6 Å². The number of rotatable bonds is 2. The second-order valence-electron chi connectivity index (χ2n) is 3.94. The maximum absolute atomic E-state index is 10.4. The highest BCUT2D eigenvalue weighted by Crippen LogP contribution is 2.41. The molecular formula is C12H9BrClNO3S. The van der Waals surface area contributed by atoms with Crippen LogP contribution in [0, 0.1) is 0 Å². The molecule has 0 spiro atoms. The minimum Gasteiger partial charge on any atom is -0.486 e. The lowest BCUT2D eigenvalue weighted by molar-refractivity contribution is 0.170. The van der Waals surface area contributed by atoms with Crippen LogP contribution in [0.15, 0.2) is 22.2 Å². The molecule has 1 aromatic carbocycles. The molecule has 100 valence electrons. The minimum absolute atomic E-state index is 0.437. The first-order valence-corrected chi connectivity index (χ1v) is 7.58. The van der Waals surface area contributed by atoms with Crippen LogP contribution in [-0.2, 0) is 0 Å². The van der Waals surface area contributed by atoms with E-state index < -0.39 is 6.10 Å². The van der Waals surface area contributed by atoms with Crippen molar-refractivity contribution in [2.45, 2.75) is 6.10 Å². The van der Waals surface area contributed by atoms with Gasteiger partial charge in [0, 0.05) is 0 Å². The number of hydrogen-bond donors (Lipinski definition) is 1. The van der Waals surface area contributed by atoms with E-state index >= 15 is 0 Å². The van der Waals surface area contributed by atoms with Crippen LogP contribution in [0.1, 0.15) is 16.5 Å². The molecule has 0 radical (unpaired) electrons. The smallest absolute Gasteiger partial charge is 0.179 e. The number of hydrogen-bond acceptors (Lipinski definition) is 5. The van der Waals surface area contributed by atoms with Gasteiger partial charge in [0.05, 0.1) is 15.4 Å². The first-order valence-electron chi connectivity index (χ1n) is 5.53. The highest BCUT2D eigenvalue weighted by molar-refractivity contribution is 9.10. The molecule has 7 heteroatoms. The Hall–Kier alpha value is -0.820. The van der Waals surface area contributed by atoms with Crippen LogP contribution >= 0.6 is 38.9 Å². The zero-order valence-electron chi connectivity index (χ0n) is 9.60. The van der Waals surface area contributed by atoms with Crippen LogP contribution in [0.25, 0.3) is 0 Å². The maximum Gasteiger partial charge on any atom is 0.179 e. The maximum atomic E-state index is 10.4. The van der Waals surface area contributed by atoms with Gasteiger partial charge in [-0.3, -0.25) is 0 Å². The van der Waals surface area contributed by atoms with Gasteiger partial charge in [0.1, 0.15) is 23.9 Å². The van der Waals surface area contributed by atoms with Crippen molar-refractivity contribution in [2.24, 2.45) is 0 Å². The fourth-order valence-corrected chi connectivity index (χ4v) is 3.55. The largest absolute Gasteiger partial charge is 0.486 e. The van der Waals surface area contributed by atoms with Crippen molar-refractivity contribution in [3.05, 3.63) is 37.7 Å². The van der Waals surface area contributed by atoms with E-state index in [0.717, 1.165) is 4.88 Å². The van der Waals surface area contributed by atoms with Gasteiger partial charge in [-0.25, -0.2) is 4.98 Å². The van der Waals surface area contributed by atoms with E-state index in [4.69, 9.17) is 21.1 Å². The van der Waals surface area contributed by atoms with Crippen LogP contribution in [0.5, 0.6) is 11.5 Å². The van der Waals surface area contributed by atoms with Crippen molar-refractivity contribution in [3.8, 4) is 11.5 Å². The van der Waals surface area contributed by atoms with Gasteiger partial charge < -0.3 is 14.6 Å². The molecule has 0 bridgehead atoms. The summed E-state index contributed by atoms with van der Waals surface area (Å²) >= 11 is 10.8. The number of ether oxygens (including phenoxy) is 2. The summed E-state index contributed by atoms with van der Waals surface area (Å²) in [6.07, 6.45) is -0.796. The summed E-state index contributed by atoms with van der Waals surface area (Å²) in [6, 6.07) is 3.43. The van der Waals surface area contributed by atoms with Crippen LogP contribution < -0.4 is 9.47 Å². The fourth-order valence-electron chi connectivity index (χ4n) is 1.86. The third-order valence-electron chi connectivity index (χ3n) is 2.73. The van der Waals surface area contributed by atoms with Gasteiger partial charge in [0.15, 0.2) is 11.5 Å². The predicted octanol–water partition coefficient (Wildman–Crippen LogP) is 3.41. The number of nitrogens with zero attached hydrogens (tertiary/aromatic N) is 1. The summed E-state index contributed by atoms with van der Waals surface area (Å²) in [5.41, 5.74) is 2.32. The lowest BCUT2D eigenvalue weighted by atomic mass is 10.1. The molecule has 3 rings (SSSR count). The lowest BCUT2D eigenvalue weighted by Crippen LogP contribution is -2.16. The molecule has 0 saturated carbocycles. The first kappa shape index (κ1) is 13.2. The molecule has 0 saturated heterocycles. The molecule has 1 aromatic heterocycles. The number of aliphatic hydroxyl groups is 1. The highest BCUT2D eigenvalue weighted by atomic mass is 79.9. The summed E-state index contributed by atoms with van der Waals surface area (Å²) in [4.78, 5) is 4.79. The molecule has 2 aromatic rings. The van der Waals surface area contributed by atoms with Crippen molar-refractivity contribution in [2.75, 3.05) is 13.2 Å². The molecule has 0 fully saturated rings. The van der Waals surface area contributed by atoms with Crippen LogP contribution in [0.4, 0.5) is 0 Å². The molecule has 2 heterocycles. The normalized spacial score (nSPS) is 15.3. The second kappa shape index (κ2) is 5.28. The molecule has 0 amide bonds. The third-order valence-corrected chi connectivity index (χ3v) is 4.79. The predicted molar refractivity (Wildman–Crippen MR) is 76.3 cm³/mol. The molecule has 0 aliphatic carbocycles. The highest BCUT2D eigenvalue weighted by Gasteiger charge is 2.22. The standard InChI is InChI=1S/C12H9BrClNO3S/c13-12-11(19-5-15-12)9(16)6-3-7(14)10-8(4-6)17-1-2-18-10/h3-5,9,16H,1-2H2. The van der Waals surface area contributed by atoms with Gasteiger partial charge in [-0.05, 0) is 33.6 Å². The van der Waals surface area contributed by atoms with Crippen LogP contribution in [0.3, 0.4) is 0 Å². The average molecular weight is 363 g/mol. The first-order chi connectivity index (χ1) is 9.16. The number of thiazole rings is 1. The van der Waals surface area contributed by atoms with Gasteiger partial charge >= 0.3 is 0 Å². The fraction of sp³-hybridized carbons (Fsp3) is 0.250. The Morgan fingerprint density at radius 2 is 2.16 bits per heavy atom. The van der Waals surface area contributed by atoms with E-state index in [9.17, 15) is 5.11 Å². The molecule has 1 N–H and O–H groups in total. The Labute approximate surface area is 127 Å². The quantitative estimate of drug-likeness (QED) is 0.889. The number of fused-ring (bicyclic) bond motifs is 1. The SMILES string of the molecule is OC(c1cc(Cl)c2c(c1)OCCO2)c1scnc1Br. The van der Waals surface area contributed by atoms with E-state index in [-0.39, 0.29) is 0 Å². The Balaban J connectivity index is 2.02. The molecule has 1 unspecified atom stereocenters. The van der Waals surface area contributed by atoms with Gasteiger partial charge in [-0.1, -0.05) is 11.6 Å². The Kier molecular flexibility index (Phi) is 3.66. The topological polar surface area (TPSA) is 51.6 Å². The number of aliphatic hydroxyl groups excluding tert-OH is 1.